The maximum atomic E-state index is 13.8. The summed E-state index contributed by atoms with van der Waals surface area (Å²) in [6.45, 7) is 7.86. The molecule has 2 heteroatoms. The summed E-state index contributed by atoms with van der Waals surface area (Å²) in [5.41, 5.74) is 8.56. The fourth-order valence-corrected chi connectivity index (χ4v) is 2.23. The van der Waals surface area contributed by atoms with Crippen LogP contribution in [0.2, 0.25) is 0 Å². The molecule has 0 aliphatic rings. The van der Waals surface area contributed by atoms with Gasteiger partial charge in [-0.25, -0.2) is 4.39 Å². The van der Waals surface area contributed by atoms with Gasteiger partial charge in [-0.05, 0) is 55.9 Å². The average molecular weight is 209 g/mol. The molecule has 15 heavy (non-hydrogen) atoms. The summed E-state index contributed by atoms with van der Waals surface area (Å²) < 4.78 is 13.8. The largest absolute Gasteiger partial charge is 0.328 e. The van der Waals surface area contributed by atoms with Crippen molar-refractivity contribution >= 4 is 0 Å². The third-order valence-corrected chi connectivity index (χ3v) is 2.70. The highest BCUT2D eigenvalue weighted by Gasteiger charge is 2.15. The Kier molecular flexibility index (Phi) is 3.86. The highest BCUT2D eigenvalue weighted by molar-refractivity contribution is 5.34. The zero-order chi connectivity index (χ0) is 11.6. The lowest BCUT2D eigenvalue weighted by Crippen LogP contribution is -2.18. The van der Waals surface area contributed by atoms with E-state index in [0.29, 0.717) is 0 Å². The molecular weight excluding hydrogens is 189 g/mol. The van der Waals surface area contributed by atoms with Crippen molar-refractivity contribution in [3.8, 4) is 0 Å². The predicted molar refractivity (Wildman–Crippen MR) is 62.6 cm³/mol. The van der Waals surface area contributed by atoms with Crippen molar-refractivity contribution in [2.24, 2.45) is 5.73 Å². The van der Waals surface area contributed by atoms with Crippen LogP contribution in [0.15, 0.2) is 12.1 Å². The van der Waals surface area contributed by atoms with E-state index in [1.54, 1.807) is 6.07 Å². The lowest BCUT2D eigenvalue weighted by atomic mass is 9.90. The molecule has 2 unspecified atom stereocenters. The van der Waals surface area contributed by atoms with Gasteiger partial charge in [-0.15, -0.1) is 0 Å². The van der Waals surface area contributed by atoms with E-state index in [9.17, 15) is 4.39 Å². The van der Waals surface area contributed by atoms with Gasteiger partial charge in [-0.1, -0.05) is 13.0 Å². The number of aryl methyl sites for hydroxylation is 2. The minimum atomic E-state index is -0.0966. The zero-order valence-electron chi connectivity index (χ0n) is 9.97. The Labute approximate surface area is 91.5 Å². The Morgan fingerprint density at radius 1 is 1.27 bits per heavy atom. The van der Waals surface area contributed by atoms with Crippen molar-refractivity contribution in [1.29, 1.82) is 0 Å². The van der Waals surface area contributed by atoms with Crippen LogP contribution in [0.4, 0.5) is 4.39 Å². The molecule has 0 heterocycles. The van der Waals surface area contributed by atoms with E-state index in [1.807, 2.05) is 33.8 Å². The first kappa shape index (κ1) is 12.2. The molecule has 0 radical (unpaired) electrons. The minimum Gasteiger partial charge on any atom is -0.328 e. The van der Waals surface area contributed by atoms with E-state index in [0.717, 1.165) is 23.1 Å². The first-order chi connectivity index (χ1) is 6.91. The molecule has 0 spiro atoms. The monoisotopic (exact) mass is 209 g/mol. The Bertz CT molecular complexity index is 321. The molecule has 0 saturated carbocycles. The third-order valence-electron chi connectivity index (χ3n) is 2.70. The first-order valence-electron chi connectivity index (χ1n) is 5.44. The van der Waals surface area contributed by atoms with Crippen molar-refractivity contribution in [2.45, 2.75) is 46.1 Å². The molecule has 0 amide bonds. The second-order valence-electron chi connectivity index (χ2n) is 4.59. The standard InChI is InChI=1S/C13H20FN/c1-8-5-9(2)13(12(14)6-8)10(3)7-11(4)15/h5-6,10-11H,7,15H2,1-4H3. The van der Waals surface area contributed by atoms with Crippen LogP contribution in [-0.4, -0.2) is 6.04 Å². The topological polar surface area (TPSA) is 26.0 Å². The molecule has 2 atom stereocenters. The van der Waals surface area contributed by atoms with Crippen LogP contribution in [0.5, 0.6) is 0 Å². The van der Waals surface area contributed by atoms with Gasteiger partial charge in [0.15, 0.2) is 0 Å². The minimum absolute atomic E-state index is 0.0966. The molecule has 84 valence electrons. The molecule has 0 fully saturated rings. The number of nitrogens with two attached hydrogens (primary N) is 1. The number of hydrogen-bond acceptors (Lipinski definition) is 1. The lowest BCUT2D eigenvalue weighted by molar-refractivity contribution is 0.539. The molecule has 1 aromatic carbocycles. The maximum Gasteiger partial charge on any atom is 0.127 e. The molecule has 1 nitrogen and oxygen atoms in total. The summed E-state index contributed by atoms with van der Waals surface area (Å²) in [6, 6.07) is 3.73. The summed E-state index contributed by atoms with van der Waals surface area (Å²) in [5.74, 6) is 0.0891. The fourth-order valence-electron chi connectivity index (χ4n) is 2.23. The van der Waals surface area contributed by atoms with Crippen molar-refractivity contribution in [1.82, 2.24) is 0 Å². The average Bonchev–Trinajstić information content (AvgIpc) is 1.99. The second-order valence-corrected chi connectivity index (χ2v) is 4.59. The first-order valence-corrected chi connectivity index (χ1v) is 5.44. The molecule has 0 aliphatic heterocycles. The van der Waals surface area contributed by atoms with Gasteiger partial charge < -0.3 is 5.73 Å². The Morgan fingerprint density at radius 3 is 2.33 bits per heavy atom. The SMILES string of the molecule is Cc1cc(C)c(C(C)CC(C)N)c(F)c1. The Morgan fingerprint density at radius 2 is 1.87 bits per heavy atom. The normalized spacial score (nSPS) is 15.1. The van der Waals surface area contributed by atoms with Crippen LogP contribution >= 0.6 is 0 Å². The van der Waals surface area contributed by atoms with Crippen molar-refractivity contribution < 1.29 is 4.39 Å². The summed E-state index contributed by atoms with van der Waals surface area (Å²) in [6.07, 6.45) is 0.820. The molecule has 1 aromatic rings. The van der Waals surface area contributed by atoms with E-state index in [2.05, 4.69) is 0 Å². The molecule has 0 saturated heterocycles. The van der Waals surface area contributed by atoms with Gasteiger partial charge in [-0.3, -0.25) is 0 Å². The van der Waals surface area contributed by atoms with E-state index < -0.39 is 0 Å². The highest BCUT2D eigenvalue weighted by Crippen LogP contribution is 2.27. The summed E-state index contributed by atoms with van der Waals surface area (Å²) in [7, 11) is 0. The number of rotatable bonds is 3. The van der Waals surface area contributed by atoms with Crippen LogP contribution in [-0.2, 0) is 0 Å². The highest BCUT2D eigenvalue weighted by atomic mass is 19.1. The number of hydrogen-bond donors (Lipinski definition) is 1. The van der Waals surface area contributed by atoms with E-state index >= 15 is 0 Å². The van der Waals surface area contributed by atoms with Crippen LogP contribution in [0.25, 0.3) is 0 Å². The zero-order valence-corrected chi connectivity index (χ0v) is 9.97. The molecule has 2 N–H and O–H groups in total. The van der Waals surface area contributed by atoms with Gasteiger partial charge in [0.05, 0.1) is 0 Å². The van der Waals surface area contributed by atoms with Crippen LogP contribution in [0.3, 0.4) is 0 Å². The Hall–Kier alpha value is -0.890. The lowest BCUT2D eigenvalue weighted by Gasteiger charge is -2.18. The van der Waals surface area contributed by atoms with Crippen LogP contribution < -0.4 is 5.73 Å². The molecule has 0 bridgehead atoms. The van der Waals surface area contributed by atoms with E-state index in [1.165, 1.54) is 0 Å². The van der Waals surface area contributed by atoms with Crippen molar-refractivity contribution in [3.63, 3.8) is 0 Å². The maximum absolute atomic E-state index is 13.8. The second kappa shape index (κ2) is 4.75. The number of halogens is 1. The summed E-state index contributed by atoms with van der Waals surface area (Å²) in [4.78, 5) is 0. The van der Waals surface area contributed by atoms with Gasteiger partial charge in [0.1, 0.15) is 5.82 Å². The smallest absolute Gasteiger partial charge is 0.127 e. The van der Waals surface area contributed by atoms with Crippen molar-refractivity contribution in [2.75, 3.05) is 0 Å². The number of benzene rings is 1. The Balaban J connectivity index is 3.03. The summed E-state index contributed by atoms with van der Waals surface area (Å²) >= 11 is 0. The van der Waals surface area contributed by atoms with E-state index in [4.69, 9.17) is 5.73 Å². The van der Waals surface area contributed by atoms with Gasteiger partial charge in [0.25, 0.3) is 0 Å². The third kappa shape index (κ3) is 3.03. The van der Waals surface area contributed by atoms with Crippen molar-refractivity contribution in [3.05, 3.63) is 34.6 Å². The quantitative estimate of drug-likeness (QED) is 0.812. The molecule has 1 rings (SSSR count). The van der Waals surface area contributed by atoms with Gasteiger partial charge in [0, 0.05) is 6.04 Å². The molecule has 0 aliphatic carbocycles. The van der Waals surface area contributed by atoms with Gasteiger partial charge in [0.2, 0.25) is 0 Å². The fraction of sp³-hybridized carbons (Fsp3) is 0.538. The molecule has 0 aromatic heterocycles. The van der Waals surface area contributed by atoms with Gasteiger partial charge in [-0.2, -0.15) is 0 Å². The molecular formula is C13H20FN. The van der Waals surface area contributed by atoms with Crippen LogP contribution in [0.1, 0.15) is 42.9 Å². The van der Waals surface area contributed by atoms with Crippen LogP contribution in [0, 0.1) is 19.7 Å². The summed E-state index contributed by atoms with van der Waals surface area (Å²) in [5, 5.41) is 0. The predicted octanol–water partition coefficient (Wildman–Crippen LogP) is 3.28. The van der Waals surface area contributed by atoms with Gasteiger partial charge >= 0.3 is 0 Å². The van der Waals surface area contributed by atoms with E-state index in [-0.39, 0.29) is 17.8 Å².